The molecule has 0 saturated heterocycles. The lowest BCUT2D eigenvalue weighted by Gasteiger charge is -2.24. The SMILES string of the molecule is O=C(O)CN(CC(=O)O)C(=O)C(C1CC1)C1CC1. The molecule has 2 aliphatic carbocycles. The number of hydrogen-bond donors (Lipinski definition) is 2. The lowest BCUT2D eigenvalue weighted by atomic mass is 9.96. The van der Waals surface area contributed by atoms with E-state index in [2.05, 4.69) is 0 Å². The van der Waals surface area contributed by atoms with Crippen LogP contribution in [0.5, 0.6) is 0 Å². The Kier molecular flexibility index (Phi) is 3.54. The molecule has 0 aromatic heterocycles. The molecule has 0 aromatic rings. The minimum absolute atomic E-state index is 0.149. The topological polar surface area (TPSA) is 94.9 Å². The molecular formula is C12H17NO5. The molecule has 18 heavy (non-hydrogen) atoms. The molecule has 2 aliphatic rings. The summed E-state index contributed by atoms with van der Waals surface area (Å²) >= 11 is 0. The summed E-state index contributed by atoms with van der Waals surface area (Å²) in [5.74, 6) is -2.09. The molecule has 0 unspecified atom stereocenters. The minimum Gasteiger partial charge on any atom is -0.480 e. The van der Waals surface area contributed by atoms with Crippen LogP contribution in [0.25, 0.3) is 0 Å². The van der Waals surface area contributed by atoms with E-state index < -0.39 is 25.0 Å². The van der Waals surface area contributed by atoms with Crippen molar-refractivity contribution in [3.05, 3.63) is 0 Å². The fourth-order valence-corrected chi connectivity index (χ4v) is 2.45. The van der Waals surface area contributed by atoms with Crippen LogP contribution in [0.3, 0.4) is 0 Å². The average molecular weight is 255 g/mol. The van der Waals surface area contributed by atoms with Gasteiger partial charge >= 0.3 is 11.9 Å². The van der Waals surface area contributed by atoms with Gasteiger partial charge in [-0.15, -0.1) is 0 Å². The van der Waals surface area contributed by atoms with Crippen LogP contribution in [0.1, 0.15) is 25.7 Å². The summed E-state index contributed by atoms with van der Waals surface area (Å²) in [7, 11) is 0. The van der Waals surface area contributed by atoms with Gasteiger partial charge in [0.25, 0.3) is 0 Å². The highest BCUT2D eigenvalue weighted by Crippen LogP contribution is 2.49. The van der Waals surface area contributed by atoms with Gasteiger partial charge in [-0.2, -0.15) is 0 Å². The molecule has 100 valence electrons. The number of carbonyl (C=O) groups is 3. The summed E-state index contributed by atoms with van der Waals surface area (Å²) in [6.45, 7) is -1.05. The maximum Gasteiger partial charge on any atom is 0.323 e. The summed E-state index contributed by atoms with van der Waals surface area (Å²) < 4.78 is 0. The lowest BCUT2D eigenvalue weighted by molar-refractivity contribution is -0.151. The smallest absolute Gasteiger partial charge is 0.323 e. The van der Waals surface area contributed by atoms with Crippen molar-refractivity contribution in [2.45, 2.75) is 25.7 Å². The molecule has 0 bridgehead atoms. The van der Waals surface area contributed by atoms with Gasteiger partial charge in [0.05, 0.1) is 0 Å². The predicted molar refractivity (Wildman–Crippen MR) is 60.8 cm³/mol. The summed E-state index contributed by atoms with van der Waals surface area (Å²) in [6.07, 6.45) is 4.00. The van der Waals surface area contributed by atoms with Crippen molar-refractivity contribution < 1.29 is 24.6 Å². The molecule has 0 heterocycles. The number of hydrogen-bond acceptors (Lipinski definition) is 3. The standard InChI is InChI=1S/C12H17NO5/c14-9(15)5-13(6-10(16)17)12(18)11(7-1-2-7)8-3-4-8/h7-8,11H,1-6H2,(H,14,15)(H,16,17). The molecule has 0 aromatic carbocycles. The first-order chi connectivity index (χ1) is 8.49. The van der Waals surface area contributed by atoms with Crippen LogP contribution in [0, 0.1) is 17.8 Å². The van der Waals surface area contributed by atoms with Crippen molar-refractivity contribution in [1.82, 2.24) is 4.90 Å². The summed E-state index contributed by atoms with van der Waals surface area (Å²) in [5.41, 5.74) is 0. The molecule has 2 saturated carbocycles. The predicted octanol–water partition coefficient (Wildman–Crippen LogP) is 0.420. The fourth-order valence-electron chi connectivity index (χ4n) is 2.45. The molecule has 2 rings (SSSR count). The average Bonchev–Trinajstić information content (AvgIpc) is 3.10. The van der Waals surface area contributed by atoms with E-state index in [0.29, 0.717) is 11.8 Å². The second-order valence-corrected chi connectivity index (χ2v) is 5.18. The Balaban J connectivity index is 2.04. The molecule has 2 fully saturated rings. The van der Waals surface area contributed by atoms with Crippen LogP contribution in [-0.2, 0) is 14.4 Å². The molecule has 6 nitrogen and oxygen atoms in total. The van der Waals surface area contributed by atoms with E-state index >= 15 is 0 Å². The maximum absolute atomic E-state index is 12.3. The highest BCUT2D eigenvalue weighted by Gasteiger charge is 2.47. The third-order valence-electron chi connectivity index (χ3n) is 3.51. The second kappa shape index (κ2) is 4.96. The van der Waals surface area contributed by atoms with E-state index in [-0.39, 0.29) is 11.8 Å². The fraction of sp³-hybridized carbons (Fsp3) is 0.750. The molecule has 0 aliphatic heterocycles. The number of rotatable bonds is 7. The van der Waals surface area contributed by atoms with E-state index in [0.717, 1.165) is 30.6 Å². The number of aliphatic carboxylic acids is 2. The molecule has 1 amide bonds. The molecular weight excluding hydrogens is 238 g/mol. The Morgan fingerprint density at radius 2 is 1.33 bits per heavy atom. The number of nitrogens with zero attached hydrogens (tertiary/aromatic N) is 1. The first kappa shape index (κ1) is 12.9. The maximum atomic E-state index is 12.3. The van der Waals surface area contributed by atoms with E-state index in [4.69, 9.17) is 10.2 Å². The van der Waals surface area contributed by atoms with Gasteiger partial charge in [-0.3, -0.25) is 14.4 Å². The number of amides is 1. The van der Waals surface area contributed by atoms with Crippen molar-refractivity contribution in [2.75, 3.05) is 13.1 Å². The Morgan fingerprint density at radius 1 is 0.944 bits per heavy atom. The first-order valence-corrected chi connectivity index (χ1v) is 6.21. The highest BCUT2D eigenvalue weighted by molar-refractivity contribution is 5.87. The van der Waals surface area contributed by atoms with Gasteiger partial charge in [-0.05, 0) is 37.5 Å². The van der Waals surface area contributed by atoms with Crippen LogP contribution in [0.4, 0.5) is 0 Å². The highest BCUT2D eigenvalue weighted by atomic mass is 16.4. The molecule has 6 heteroatoms. The van der Waals surface area contributed by atoms with Gasteiger partial charge in [0.1, 0.15) is 13.1 Å². The van der Waals surface area contributed by atoms with Crippen LogP contribution in [0.2, 0.25) is 0 Å². The zero-order chi connectivity index (χ0) is 13.3. The summed E-state index contributed by atoms with van der Waals surface area (Å²) in [4.78, 5) is 34.6. The third-order valence-corrected chi connectivity index (χ3v) is 3.51. The van der Waals surface area contributed by atoms with E-state index in [1.165, 1.54) is 0 Å². The van der Waals surface area contributed by atoms with Crippen LogP contribution in [-0.4, -0.2) is 46.0 Å². The quantitative estimate of drug-likeness (QED) is 0.687. The van der Waals surface area contributed by atoms with E-state index in [9.17, 15) is 14.4 Å². The zero-order valence-corrected chi connectivity index (χ0v) is 10.0. The van der Waals surface area contributed by atoms with Gasteiger partial charge in [0.15, 0.2) is 0 Å². The summed E-state index contributed by atoms with van der Waals surface area (Å²) in [6, 6.07) is 0. The van der Waals surface area contributed by atoms with Crippen LogP contribution >= 0.6 is 0 Å². The Bertz CT molecular complexity index is 345. The van der Waals surface area contributed by atoms with Crippen LogP contribution < -0.4 is 0 Å². The van der Waals surface area contributed by atoms with E-state index in [1.54, 1.807) is 0 Å². The van der Waals surface area contributed by atoms with E-state index in [1.807, 2.05) is 0 Å². The zero-order valence-electron chi connectivity index (χ0n) is 10.0. The van der Waals surface area contributed by atoms with Gasteiger partial charge < -0.3 is 15.1 Å². The van der Waals surface area contributed by atoms with Gasteiger partial charge in [-0.25, -0.2) is 0 Å². The molecule has 0 radical (unpaired) electrons. The van der Waals surface area contributed by atoms with Gasteiger partial charge in [0, 0.05) is 5.92 Å². The largest absolute Gasteiger partial charge is 0.480 e. The Morgan fingerprint density at radius 3 is 1.61 bits per heavy atom. The second-order valence-electron chi connectivity index (χ2n) is 5.18. The van der Waals surface area contributed by atoms with Crippen molar-refractivity contribution in [1.29, 1.82) is 0 Å². The third kappa shape index (κ3) is 3.21. The number of carboxylic acid groups (broad SMARTS) is 2. The first-order valence-electron chi connectivity index (χ1n) is 6.21. The van der Waals surface area contributed by atoms with Crippen molar-refractivity contribution in [3.63, 3.8) is 0 Å². The van der Waals surface area contributed by atoms with Crippen LogP contribution in [0.15, 0.2) is 0 Å². The normalized spacial score (nSPS) is 18.7. The molecule has 0 spiro atoms. The Hall–Kier alpha value is -1.59. The number of carbonyl (C=O) groups excluding carboxylic acids is 1. The van der Waals surface area contributed by atoms with Crippen molar-refractivity contribution in [3.8, 4) is 0 Å². The van der Waals surface area contributed by atoms with Crippen molar-refractivity contribution >= 4 is 17.8 Å². The minimum atomic E-state index is -1.17. The lowest BCUT2D eigenvalue weighted by Crippen LogP contribution is -2.43. The van der Waals surface area contributed by atoms with Gasteiger partial charge in [-0.1, -0.05) is 0 Å². The van der Waals surface area contributed by atoms with Gasteiger partial charge in [0.2, 0.25) is 5.91 Å². The summed E-state index contributed by atoms with van der Waals surface area (Å²) in [5, 5.41) is 17.5. The number of carboxylic acids is 2. The molecule has 2 N–H and O–H groups in total. The monoisotopic (exact) mass is 255 g/mol. The molecule has 0 atom stereocenters. The Labute approximate surface area is 105 Å². The van der Waals surface area contributed by atoms with Crippen molar-refractivity contribution in [2.24, 2.45) is 17.8 Å².